The molecule has 38 heavy (non-hydrogen) atoms. The Bertz CT molecular complexity index is 1340. The van der Waals surface area contributed by atoms with E-state index in [9.17, 15) is 9.90 Å². The number of anilines is 1. The lowest BCUT2D eigenvalue weighted by molar-refractivity contribution is -0.268. The molecule has 1 saturated heterocycles. The summed E-state index contributed by atoms with van der Waals surface area (Å²) in [6.07, 6.45) is 2.29. The van der Waals surface area contributed by atoms with Crippen LogP contribution in [-0.4, -0.2) is 27.9 Å². The summed E-state index contributed by atoms with van der Waals surface area (Å²) < 4.78 is 13.1. The van der Waals surface area contributed by atoms with Crippen LogP contribution in [0.25, 0.3) is 0 Å². The molecule has 6 nitrogen and oxygen atoms in total. The zero-order chi connectivity index (χ0) is 26.3. The Kier molecular flexibility index (Phi) is 8.51. The van der Waals surface area contributed by atoms with Crippen molar-refractivity contribution in [3.05, 3.63) is 126 Å². The molecular formula is C31H30N2O4S. The van der Waals surface area contributed by atoms with Gasteiger partial charge in [-0.15, -0.1) is 11.8 Å². The number of ether oxygens (including phenoxy) is 2. The van der Waals surface area contributed by atoms with Crippen molar-refractivity contribution < 1.29 is 19.4 Å². The molecule has 1 aliphatic heterocycles. The number of carbonyl (C=O) groups is 1. The van der Waals surface area contributed by atoms with Gasteiger partial charge in [0.15, 0.2) is 6.29 Å². The number of hydrogen-bond acceptors (Lipinski definition) is 6. The number of benzene rings is 3. The fraction of sp³-hybridized carbons (Fsp3) is 0.226. The molecule has 0 spiro atoms. The minimum Gasteiger partial charge on any atom is -0.392 e. The summed E-state index contributed by atoms with van der Waals surface area (Å²) >= 11 is 1.76. The molecule has 7 heteroatoms. The van der Waals surface area contributed by atoms with Crippen LogP contribution in [0.1, 0.15) is 46.4 Å². The average Bonchev–Trinajstić information content (AvgIpc) is 2.98. The van der Waals surface area contributed by atoms with Gasteiger partial charge in [-0.25, -0.2) is 0 Å². The van der Waals surface area contributed by atoms with Crippen molar-refractivity contribution in [1.29, 1.82) is 0 Å². The van der Waals surface area contributed by atoms with E-state index in [-0.39, 0.29) is 30.6 Å². The zero-order valence-corrected chi connectivity index (χ0v) is 21.9. The van der Waals surface area contributed by atoms with E-state index in [0.29, 0.717) is 11.3 Å². The van der Waals surface area contributed by atoms with Crippen molar-refractivity contribution in [1.82, 2.24) is 4.98 Å². The first-order valence-electron chi connectivity index (χ1n) is 12.6. The molecule has 0 bridgehead atoms. The third-order valence-electron chi connectivity index (χ3n) is 6.62. The largest absolute Gasteiger partial charge is 0.392 e. The Hall–Kier alpha value is -3.49. The summed E-state index contributed by atoms with van der Waals surface area (Å²) in [5, 5.41) is 12.4. The molecule has 4 aromatic rings. The molecule has 1 aliphatic rings. The Morgan fingerprint density at radius 3 is 2.50 bits per heavy atom. The highest BCUT2D eigenvalue weighted by Crippen LogP contribution is 2.43. The number of hydrogen-bond donors (Lipinski definition) is 2. The van der Waals surface area contributed by atoms with E-state index in [4.69, 9.17) is 9.47 Å². The van der Waals surface area contributed by atoms with Gasteiger partial charge in [0.05, 0.1) is 24.4 Å². The normalized spacial score (nSPS) is 21.1. The minimum atomic E-state index is -0.606. The predicted octanol–water partition coefficient (Wildman–Crippen LogP) is 6.41. The lowest BCUT2D eigenvalue weighted by Gasteiger charge is -2.41. The maximum atomic E-state index is 12.7. The first kappa shape index (κ1) is 26.1. The van der Waals surface area contributed by atoms with E-state index >= 15 is 0 Å². The maximum absolute atomic E-state index is 12.7. The Balaban J connectivity index is 1.38. The summed E-state index contributed by atoms with van der Waals surface area (Å²) in [6, 6.07) is 29.2. The lowest BCUT2D eigenvalue weighted by atomic mass is 9.91. The van der Waals surface area contributed by atoms with Gasteiger partial charge in [-0.2, -0.15) is 0 Å². The fourth-order valence-corrected chi connectivity index (χ4v) is 5.56. The lowest BCUT2D eigenvalue weighted by Crippen LogP contribution is -2.38. The van der Waals surface area contributed by atoms with Crippen molar-refractivity contribution in [2.45, 2.75) is 36.9 Å². The molecule has 4 atom stereocenters. The van der Waals surface area contributed by atoms with Crippen LogP contribution in [0.15, 0.2) is 108 Å². The molecule has 2 N–H and O–H groups in total. The highest BCUT2D eigenvalue weighted by Gasteiger charge is 2.38. The van der Waals surface area contributed by atoms with Crippen LogP contribution in [0.3, 0.4) is 0 Å². The van der Waals surface area contributed by atoms with Crippen molar-refractivity contribution in [2.75, 3.05) is 11.1 Å². The highest BCUT2D eigenvalue weighted by molar-refractivity contribution is 7.99. The molecule has 1 amide bonds. The molecule has 0 aliphatic carbocycles. The number of nitrogens with one attached hydrogen (secondary N) is 1. The molecule has 0 saturated carbocycles. The van der Waals surface area contributed by atoms with Gasteiger partial charge in [-0.05, 0) is 47.5 Å². The van der Waals surface area contributed by atoms with Crippen LogP contribution < -0.4 is 5.32 Å². The van der Waals surface area contributed by atoms with Gasteiger partial charge in [0.25, 0.3) is 5.91 Å². The van der Waals surface area contributed by atoms with Crippen molar-refractivity contribution in [3.8, 4) is 0 Å². The fourth-order valence-electron chi connectivity index (χ4n) is 4.47. The topological polar surface area (TPSA) is 80.7 Å². The van der Waals surface area contributed by atoms with E-state index in [0.717, 1.165) is 22.4 Å². The molecule has 5 rings (SSSR count). The van der Waals surface area contributed by atoms with Gasteiger partial charge in [-0.1, -0.05) is 61.5 Å². The molecule has 194 valence electrons. The average molecular weight is 527 g/mol. The number of rotatable bonds is 8. The molecule has 3 aromatic carbocycles. The van der Waals surface area contributed by atoms with E-state index in [1.165, 1.54) is 11.1 Å². The Labute approximate surface area is 227 Å². The third-order valence-corrected chi connectivity index (χ3v) is 7.72. The van der Waals surface area contributed by atoms with Crippen molar-refractivity contribution in [3.63, 3.8) is 0 Å². The third kappa shape index (κ3) is 6.31. The second kappa shape index (κ2) is 12.4. The van der Waals surface area contributed by atoms with Crippen molar-refractivity contribution in [2.24, 2.45) is 5.92 Å². The first-order chi connectivity index (χ1) is 18.6. The highest BCUT2D eigenvalue weighted by atomic mass is 32.2. The number of amides is 1. The number of pyridine rings is 1. The first-order valence-corrected chi connectivity index (χ1v) is 13.6. The second-order valence-corrected chi connectivity index (χ2v) is 10.4. The van der Waals surface area contributed by atoms with Crippen molar-refractivity contribution >= 4 is 23.4 Å². The van der Waals surface area contributed by atoms with Gasteiger partial charge in [-0.3, -0.25) is 9.78 Å². The van der Waals surface area contributed by atoms with Gasteiger partial charge in [0, 0.05) is 40.2 Å². The quantitative estimate of drug-likeness (QED) is 0.258. The molecule has 0 unspecified atom stereocenters. The standard InChI is InChI=1S/C31H30N2O4S/c1-21-28(20-38-27-10-3-2-4-11-27)36-31(37-29(21)23-14-12-22(19-34)13-15-23)24-7-5-9-26(17-24)33-30(35)25-8-6-16-32-18-25/h2-18,21,28-29,31,34H,19-20H2,1H3,(H,33,35)/t21-,28+,29+,31+/m1/s1. The van der Waals surface area contributed by atoms with Gasteiger partial charge < -0.3 is 19.9 Å². The summed E-state index contributed by atoms with van der Waals surface area (Å²) in [5.74, 6) is 0.637. The van der Waals surface area contributed by atoms with Gasteiger partial charge >= 0.3 is 0 Å². The Morgan fingerprint density at radius 1 is 0.947 bits per heavy atom. The Morgan fingerprint density at radius 2 is 1.76 bits per heavy atom. The van der Waals surface area contributed by atoms with E-state index in [2.05, 4.69) is 29.4 Å². The molecule has 2 heterocycles. The maximum Gasteiger partial charge on any atom is 0.257 e. The smallest absolute Gasteiger partial charge is 0.257 e. The molecule has 1 fully saturated rings. The SMILES string of the molecule is C[C@@H]1[C@H](CSc2ccccc2)O[C@H](c2cccc(NC(=O)c3cccnc3)c2)O[C@@H]1c1ccc(CO)cc1. The van der Waals surface area contributed by atoms with E-state index in [1.54, 1.807) is 30.1 Å². The van der Waals surface area contributed by atoms with Crippen LogP contribution in [0.2, 0.25) is 0 Å². The van der Waals surface area contributed by atoms with Gasteiger partial charge in [0.2, 0.25) is 0 Å². The monoisotopic (exact) mass is 526 g/mol. The molecule has 0 radical (unpaired) electrons. The van der Waals surface area contributed by atoms with Crippen LogP contribution in [-0.2, 0) is 16.1 Å². The number of nitrogens with zero attached hydrogens (tertiary/aromatic N) is 1. The number of aliphatic hydroxyl groups is 1. The number of carbonyl (C=O) groups excluding carboxylic acids is 1. The summed E-state index contributed by atoms with van der Waals surface area (Å²) in [6.45, 7) is 2.16. The minimum absolute atomic E-state index is 0.000983. The summed E-state index contributed by atoms with van der Waals surface area (Å²) in [4.78, 5) is 17.9. The number of aromatic nitrogens is 1. The second-order valence-electron chi connectivity index (χ2n) is 9.27. The summed E-state index contributed by atoms with van der Waals surface area (Å²) in [5.41, 5.74) is 3.87. The van der Waals surface area contributed by atoms with Crippen LogP contribution in [0.5, 0.6) is 0 Å². The van der Waals surface area contributed by atoms with Crippen LogP contribution in [0.4, 0.5) is 5.69 Å². The number of thioether (sulfide) groups is 1. The summed E-state index contributed by atoms with van der Waals surface area (Å²) in [7, 11) is 0. The zero-order valence-electron chi connectivity index (χ0n) is 21.1. The molecule has 1 aromatic heterocycles. The predicted molar refractivity (Wildman–Crippen MR) is 149 cm³/mol. The van der Waals surface area contributed by atoms with E-state index < -0.39 is 6.29 Å². The van der Waals surface area contributed by atoms with Crippen LogP contribution in [0, 0.1) is 5.92 Å². The molecular weight excluding hydrogens is 496 g/mol. The van der Waals surface area contributed by atoms with Crippen LogP contribution >= 0.6 is 11.8 Å². The number of aliphatic hydroxyl groups excluding tert-OH is 1. The van der Waals surface area contributed by atoms with E-state index in [1.807, 2.05) is 66.7 Å². The van der Waals surface area contributed by atoms with Gasteiger partial charge in [0.1, 0.15) is 0 Å².